The highest BCUT2D eigenvalue weighted by Crippen LogP contribution is 2.35. The van der Waals surface area contributed by atoms with Crippen LogP contribution in [0.3, 0.4) is 0 Å². The minimum Gasteiger partial charge on any atom is -0.388 e. The third-order valence-corrected chi connectivity index (χ3v) is 5.28. The van der Waals surface area contributed by atoms with Crippen molar-refractivity contribution in [1.82, 2.24) is 25.0 Å². The summed E-state index contributed by atoms with van der Waals surface area (Å²) in [6.45, 7) is 2.03. The first-order chi connectivity index (χ1) is 12.1. The normalized spacial score (nSPS) is 22.5. The van der Waals surface area contributed by atoms with E-state index in [1.807, 2.05) is 23.7 Å². The maximum absolute atomic E-state index is 12.3. The van der Waals surface area contributed by atoms with E-state index >= 15 is 0 Å². The van der Waals surface area contributed by atoms with E-state index in [2.05, 4.69) is 32.5 Å². The van der Waals surface area contributed by atoms with Crippen LogP contribution in [0.2, 0.25) is 0 Å². The molecule has 0 bridgehead atoms. The summed E-state index contributed by atoms with van der Waals surface area (Å²) in [5.74, 6) is 1.87. The number of benzene rings is 1. The molecule has 1 amide bonds. The van der Waals surface area contributed by atoms with Crippen LogP contribution in [0.4, 0.5) is 0 Å². The van der Waals surface area contributed by atoms with Gasteiger partial charge in [0.15, 0.2) is 5.82 Å². The van der Waals surface area contributed by atoms with Gasteiger partial charge in [0, 0.05) is 32.1 Å². The fourth-order valence-electron chi connectivity index (χ4n) is 3.81. The molecule has 0 saturated heterocycles. The van der Waals surface area contributed by atoms with E-state index in [1.54, 1.807) is 0 Å². The third kappa shape index (κ3) is 3.17. The molecule has 0 unspecified atom stereocenters. The first kappa shape index (κ1) is 16.2. The van der Waals surface area contributed by atoms with Gasteiger partial charge >= 0.3 is 0 Å². The second-order valence-electron chi connectivity index (χ2n) is 7.04. The molecule has 0 atom stereocenters. The number of carbonyl (C=O) groups excluding carboxylic acids is 1. The molecule has 2 aliphatic rings. The summed E-state index contributed by atoms with van der Waals surface area (Å²) in [6, 6.07) is 8.56. The maximum atomic E-state index is 12.3. The lowest BCUT2D eigenvalue weighted by molar-refractivity contribution is -0.123. The van der Waals surface area contributed by atoms with Crippen molar-refractivity contribution >= 4 is 5.91 Å². The molecule has 2 aromatic rings. The minimum absolute atomic E-state index is 0.0882. The van der Waals surface area contributed by atoms with Crippen molar-refractivity contribution in [3.8, 4) is 0 Å². The lowest BCUT2D eigenvalue weighted by Gasteiger charge is -2.35. The summed E-state index contributed by atoms with van der Waals surface area (Å²) in [4.78, 5) is 14.5. The Morgan fingerprint density at radius 3 is 2.52 bits per heavy atom. The SMILES string of the molecule is Cn1c(CO)nnc1C1CC(NC(=O)CN2Cc3ccccc3C2)C1. The molecule has 1 fully saturated rings. The predicted molar refractivity (Wildman–Crippen MR) is 91.4 cm³/mol. The zero-order chi connectivity index (χ0) is 17.4. The molecule has 132 valence electrons. The number of nitrogens with zero attached hydrogens (tertiary/aromatic N) is 4. The number of hydrogen-bond acceptors (Lipinski definition) is 5. The Labute approximate surface area is 146 Å². The first-order valence-corrected chi connectivity index (χ1v) is 8.71. The topological polar surface area (TPSA) is 83.3 Å². The van der Waals surface area contributed by atoms with Crippen LogP contribution in [-0.4, -0.2) is 43.3 Å². The average molecular weight is 341 g/mol. The zero-order valence-corrected chi connectivity index (χ0v) is 14.4. The van der Waals surface area contributed by atoms with E-state index in [1.165, 1.54) is 11.1 Å². The number of nitrogens with one attached hydrogen (secondary N) is 1. The monoisotopic (exact) mass is 341 g/mol. The van der Waals surface area contributed by atoms with Gasteiger partial charge in [-0.05, 0) is 24.0 Å². The van der Waals surface area contributed by atoms with Crippen molar-refractivity contribution in [2.24, 2.45) is 7.05 Å². The summed E-state index contributed by atoms with van der Waals surface area (Å²) < 4.78 is 1.85. The molecule has 0 spiro atoms. The highest BCUT2D eigenvalue weighted by molar-refractivity contribution is 5.78. The number of aliphatic hydroxyl groups is 1. The van der Waals surface area contributed by atoms with Gasteiger partial charge in [-0.15, -0.1) is 10.2 Å². The number of amides is 1. The molecule has 1 saturated carbocycles. The number of aromatic nitrogens is 3. The highest BCUT2D eigenvalue weighted by atomic mass is 16.3. The number of fused-ring (bicyclic) bond motifs is 1. The van der Waals surface area contributed by atoms with Crippen LogP contribution in [-0.2, 0) is 31.5 Å². The molecule has 0 radical (unpaired) electrons. The maximum Gasteiger partial charge on any atom is 0.234 e. The molecule has 25 heavy (non-hydrogen) atoms. The van der Waals surface area contributed by atoms with Crippen LogP contribution in [0, 0.1) is 0 Å². The standard InChI is InChI=1S/C18H23N5O2/c1-22-16(11-24)20-21-18(22)14-6-15(7-14)19-17(25)10-23-8-12-4-2-3-5-13(12)9-23/h2-5,14-15,24H,6-11H2,1H3,(H,19,25). The van der Waals surface area contributed by atoms with Crippen molar-refractivity contribution in [2.45, 2.75) is 44.5 Å². The van der Waals surface area contributed by atoms with Crippen molar-refractivity contribution in [3.63, 3.8) is 0 Å². The van der Waals surface area contributed by atoms with Gasteiger partial charge in [0.1, 0.15) is 12.4 Å². The molecule has 7 nitrogen and oxygen atoms in total. The minimum atomic E-state index is -0.103. The Kier molecular flexibility index (Phi) is 4.27. The number of hydrogen-bond donors (Lipinski definition) is 2. The predicted octanol–water partition coefficient (Wildman–Crippen LogP) is 0.685. The van der Waals surface area contributed by atoms with E-state index < -0.39 is 0 Å². The van der Waals surface area contributed by atoms with Crippen molar-refractivity contribution in [1.29, 1.82) is 0 Å². The second kappa shape index (κ2) is 6.57. The Bertz CT molecular complexity index is 757. The fourth-order valence-corrected chi connectivity index (χ4v) is 3.81. The van der Waals surface area contributed by atoms with Crippen LogP contribution in [0.1, 0.15) is 41.5 Å². The lowest BCUT2D eigenvalue weighted by Crippen LogP contribution is -2.47. The third-order valence-electron chi connectivity index (χ3n) is 5.28. The van der Waals surface area contributed by atoms with E-state index in [0.717, 1.165) is 31.8 Å². The fraction of sp³-hybridized carbons (Fsp3) is 0.500. The Hall–Kier alpha value is -2.25. The van der Waals surface area contributed by atoms with Crippen molar-refractivity contribution < 1.29 is 9.90 Å². The largest absolute Gasteiger partial charge is 0.388 e. The summed E-state index contributed by atoms with van der Waals surface area (Å²) in [7, 11) is 1.87. The van der Waals surface area contributed by atoms with Crippen LogP contribution in [0.5, 0.6) is 0 Å². The van der Waals surface area contributed by atoms with Gasteiger partial charge < -0.3 is 15.0 Å². The van der Waals surface area contributed by atoms with E-state index in [9.17, 15) is 9.90 Å². The highest BCUT2D eigenvalue weighted by Gasteiger charge is 2.35. The van der Waals surface area contributed by atoms with Gasteiger partial charge in [-0.25, -0.2) is 0 Å². The van der Waals surface area contributed by atoms with Crippen molar-refractivity contribution in [3.05, 3.63) is 47.0 Å². The second-order valence-corrected chi connectivity index (χ2v) is 7.04. The van der Waals surface area contributed by atoms with Gasteiger partial charge in [0.25, 0.3) is 0 Å². The molecule has 7 heteroatoms. The van der Waals surface area contributed by atoms with Gasteiger partial charge in [-0.2, -0.15) is 0 Å². The van der Waals surface area contributed by atoms with E-state index in [4.69, 9.17) is 0 Å². The molecule has 2 N–H and O–H groups in total. The van der Waals surface area contributed by atoms with Crippen LogP contribution in [0.15, 0.2) is 24.3 Å². The Morgan fingerprint density at radius 1 is 1.24 bits per heavy atom. The Balaban J connectivity index is 1.25. The number of aliphatic hydroxyl groups excluding tert-OH is 1. The average Bonchev–Trinajstić information content (AvgIpc) is 3.13. The lowest BCUT2D eigenvalue weighted by atomic mass is 9.79. The van der Waals surface area contributed by atoms with Gasteiger partial charge in [-0.1, -0.05) is 24.3 Å². The summed E-state index contributed by atoms with van der Waals surface area (Å²) >= 11 is 0. The van der Waals surface area contributed by atoms with Crippen molar-refractivity contribution in [2.75, 3.05) is 6.54 Å². The van der Waals surface area contributed by atoms with Gasteiger partial charge in [-0.3, -0.25) is 9.69 Å². The first-order valence-electron chi connectivity index (χ1n) is 8.71. The molecule has 1 aromatic heterocycles. The smallest absolute Gasteiger partial charge is 0.234 e. The van der Waals surface area contributed by atoms with E-state index in [0.29, 0.717) is 18.3 Å². The molecule has 1 aliphatic carbocycles. The van der Waals surface area contributed by atoms with E-state index in [-0.39, 0.29) is 18.6 Å². The summed E-state index contributed by atoms with van der Waals surface area (Å²) in [6.07, 6.45) is 1.76. The Morgan fingerprint density at radius 2 is 1.92 bits per heavy atom. The van der Waals surface area contributed by atoms with Crippen LogP contribution >= 0.6 is 0 Å². The molecular weight excluding hydrogens is 318 g/mol. The zero-order valence-electron chi connectivity index (χ0n) is 14.4. The molecule has 2 heterocycles. The molecule has 4 rings (SSSR count). The van der Waals surface area contributed by atoms with Crippen LogP contribution < -0.4 is 5.32 Å². The van der Waals surface area contributed by atoms with Gasteiger partial charge in [0.05, 0.1) is 6.54 Å². The molecule has 1 aromatic carbocycles. The van der Waals surface area contributed by atoms with Gasteiger partial charge in [0.2, 0.25) is 5.91 Å². The number of carbonyl (C=O) groups is 1. The quantitative estimate of drug-likeness (QED) is 0.836. The summed E-state index contributed by atoms with van der Waals surface area (Å²) in [5.41, 5.74) is 2.64. The molecule has 1 aliphatic heterocycles. The molecular formula is C18H23N5O2. The number of rotatable bonds is 5. The summed E-state index contributed by atoms with van der Waals surface area (Å²) in [5, 5.41) is 20.5. The van der Waals surface area contributed by atoms with Crippen LogP contribution in [0.25, 0.3) is 0 Å².